The van der Waals surface area contributed by atoms with E-state index in [4.69, 9.17) is 0 Å². The standard InChI is InChI=1S/C11H7BrN2O/c12-10-7-3-1-2-4-8(7)14-9(10)5-6-13-11(14)15/h1-6H,(H,13,15). The number of nitrogens with zero attached hydrogens (tertiary/aromatic N) is 1. The fourth-order valence-electron chi connectivity index (χ4n) is 1.84. The van der Waals surface area contributed by atoms with Crippen molar-refractivity contribution in [3.8, 4) is 0 Å². The number of rotatable bonds is 0. The fraction of sp³-hybridized carbons (Fsp3) is 0. The van der Waals surface area contributed by atoms with Crippen molar-refractivity contribution in [3.05, 3.63) is 51.5 Å². The molecule has 3 nitrogen and oxygen atoms in total. The summed E-state index contributed by atoms with van der Waals surface area (Å²) in [4.78, 5) is 14.4. The van der Waals surface area contributed by atoms with Crippen molar-refractivity contribution in [1.82, 2.24) is 9.38 Å². The minimum atomic E-state index is -0.116. The Morgan fingerprint density at radius 1 is 1.13 bits per heavy atom. The molecule has 15 heavy (non-hydrogen) atoms. The summed E-state index contributed by atoms with van der Waals surface area (Å²) in [5, 5.41) is 1.05. The highest BCUT2D eigenvalue weighted by Crippen LogP contribution is 2.29. The molecule has 1 aromatic carbocycles. The maximum atomic E-state index is 11.7. The number of benzene rings is 1. The van der Waals surface area contributed by atoms with Gasteiger partial charge in [-0.25, -0.2) is 4.79 Å². The van der Waals surface area contributed by atoms with Crippen LogP contribution in [-0.4, -0.2) is 9.38 Å². The van der Waals surface area contributed by atoms with Gasteiger partial charge in [0, 0.05) is 11.6 Å². The van der Waals surface area contributed by atoms with Crippen molar-refractivity contribution in [2.45, 2.75) is 0 Å². The Bertz CT molecular complexity index is 711. The maximum absolute atomic E-state index is 11.7. The lowest BCUT2D eigenvalue weighted by Crippen LogP contribution is -2.14. The van der Waals surface area contributed by atoms with Gasteiger partial charge in [-0.15, -0.1) is 0 Å². The summed E-state index contributed by atoms with van der Waals surface area (Å²) < 4.78 is 2.63. The minimum Gasteiger partial charge on any atom is -0.314 e. The Hall–Kier alpha value is -1.55. The zero-order chi connectivity index (χ0) is 10.4. The molecule has 0 radical (unpaired) electrons. The van der Waals surface area contributed by atoms with Gasteiger partial charge >= 0.3 is 5.69 Å². The van der Waals surface area contributed by atoms with E-state index in [9.17, 15) is 4.79 Å². The third kappa shape index (κ3) is 1.08. The zero-order valence-corrected chi connectivity index (χ0v) is 9.28. The van der Waals surface area contributed by atoms with Crippen LogP contribution in [0.15, 0.2) is 45.8 Å². The predicted octanol–water partition coefficient (Wildman–Crippen LogP) is 2.54. The van der Waals surface area contributed by atoms with E-state index in [1.807, 2.05) is 30.3 Å². The minimum absolute atomic E-state index is 0.116. The number of fused-ring (bicyclic) bond motifs is 3. The molecule has 0 amide bonds. The van der Waals surface area contributed by atoms with Crippen LogP contribution in [0.2, 0.25) is 0 Å². The molecule has 0 aliphatic carbocycles. The van der Waals surface area contributed by atoms with E-state index in [0.717, 1.165) is 20.9 Å². The van der Waals surface area contributed by atoms with E-state index in [0.29, 0.717) is 0 Å². The summed E-state index contributed by atoms with van der Waals surface area (Å²) in [7, 11) is 0. The van der Waals surface area contributed by atoms with Crippen molar-refractivity contribution < 1.29 is 0 Å². The topological polar surface area (TPSA) is 37.3 Å². The molecule has 0 aliphatic rings. The Morgan fingerprint density at radius 2 is 1.93 bits per heavy atom. The lowest BCUT2D eigenvalue weighted by molar-refractivity contribution is 1.04. The summed E-state index contributed by atoms with van der Waals surface area (Å²) >= 11 is 3.51. The van der Waals surface area contributed by atoms with Crippen LogP contribution in [0.3, 0.4) is 0 Å². The lowest BCUT2D eigenvalue weighted by Gasteiger charge is -1.93. The Kier molecular flexibility index (Phi) is 1.73. The number of aromatic nitrogens is 2. The van der Waals surface area contributed by atoms with Gasteiger partial charge in [-0.05, 0) is 28.1 Å². The molecule has 0 bridgehead atoms. The lowest BCUT2D eigenvalue weighted by atomic mass is 10.2. The SMILES string of the molecule is O=c1[nH]ccc2c(Br)c3ccccc3n12. The molecule has 0 spiro atoms. The van der Waals surface area contributed by atoms with Crippen molar-refractivity contribution in [1.29, 1.82) is 0 Å². The highest BCUT2D eigenvalue weighted by atomic mass is 79.9. The molecule has 0 fully saturated rings. The largest absolute Gasteiger partial charge is 0.330 e. The van der Waals surface area contributed by atoms with Crippen molar-refractivity contribution in [2.24, 2.45) is 0 Å². The van der Waals surface area contributed by atoms with Crippen LogP contribution in [0.1, 0.15) is 0 Å². The van der Waals surface area contributed by atoms with Crippen LogP contribution in [-0.2, 0) is 0 Å². The Balaban J connectivity index is 2.77. The molecule has 74 valence electrons. The molecule has 0 aliphatic heterocycles. The van der Waals surface area contributed by atoms with E-state index >= 15 is 0 Å². The second kappa shape index (κ2) is 2.97. The fourth-order valence-corrected chi connectivity index (χ4v) is 2.49. The Morgan fingerprint density at radius 3 is 2.80 bits per heavy atom. The van der Waals surface area contributed by atoms with Crippen molar-refractivity contribution >= 4 is 32.3 Å². The van der Waals surface area contributed by atoms with Crippen LogP contribution in [0.5, 0.6) is 0 Å². The second-order valence-electron chi connectivity index (χ2n) is 3.33. The average molecular weight is 263 g/mol. The number of nitrogens with one attached hydrogen (secondary N) is 1. The van der Waals surface area contributed by atoms with E-state index in [2.05, 4.69) is 20.9 Å². The molecular formula is C11H7BrN2O. The second-order valence-corrected chi connectivity index (χ2v) is 4.13. The van der Waals surface area contributed by atoms with E-state index in [1.165, 1.54) is 0 Å². The van der Waals surface area contributed by atoms with Crippen LogP contribution < -0.4 is 5.69 Å². The average Bonchev–Trinajstić information content (AvgIpc) is 2.55. The van der Waals surface area contributed by atoms with Crippen molar-refractivity contribution in [2.75, 3.05) is 0 Å². The molecule has 2 heterocycles. The van der Waals surface area contributed by atoms with Crippen LogP contribution >= 0.6 is 15.9 Å². The van der Waals surface area contributed by atoms with Gasteiger partial charge in [-0.1, -0.05) is 18.2 Å². The molecule has 0 unspecified atom stereocenters. The zero-order valence-electron chi connectivity index (χ0n) is 7.70. The first-order valence-corrected chi connectivity index (χ1v) is 5.34. The molecule has 2 aromatic heterocycles. The highest BCUT2D eigenvalue weighted by molar-refractivity contribution is 9.10. The summed E-state index contributed by atoms with van der Waals surface area (Å²) in [6, 6.07) is 9.69. The number of hydrogen-bond donors (Lipinski definition) is 1. The number of hydrogen-bond acceptors (Lipinski definition) is 1. The highest BCUT2D eigenvalue weighted by Gasteiger charge is 2.09. The first-order chi connectivity index (χ1) is 7.29. The molecular weight excluding hydrogens is 256 g/mol. The van der Waals surface area contributed by atoms with Gasteiger partial charge in [0.1, 0.15) is 0 Å². The molecule has 0 saturated heterocycles. The first kappa shape index (κ1) is 8.73. The third-order valence-electron chi connectivity index (χ3n) is 2.50. The summed E-state index contributed by atoms with van der Waals surface area (Å²) in [6.45, 7) is 0. The monoisotopic (exact) mass is 262 g/mol. The van der Waals surface area contributed by atoms with Crippen LogP contribution in [0, 0.1) is 0 Å². The van der Waals surface area contributed by atoms with Gasteiger partial charge in [0.15, 0.2) is 0 Å². The summed E-state index contributed by atoms with van der Waals surface area (Å²) in [5.41, 5.74) is 1.69. The summed E-state index contributed by atoms with van der Waals surface area (Å²) in [6.07, 6.45) is 1.65. The number of halogens is 1. The van der Waals surface area contributed by atoms with Gasteiger partial charge in [-0.3, -0.25) is 4.40 Å². The van der Waals surface area contributed by atoms with Gasteiger partial charge in [0.2, 0.25) is 0 Å². The first-order valence-electron chi connectivity index (χ1n) is 4.55. The van der Waals surface area contributed by atoms with E-state index in [-0.39, 0.29) is 5.69 Å². The van der Waals surface area contributed by atoms with Crippen LogP contribution in [0.4, 0.5) is 0 Å². The van der Waals surface area contributed by atoms with Gasteiger partial charge in [0.05, 0.1) is 15.5 Å². The maximum Gasteiger partial charge on any atom is 0.330 e. The molecule has 4 heteroatoms. The quantitative estimate of drug-likeness (QED) is 0.665. The molecule has 0 atom stereocenters. The normalized spacial score (nSPS) is 11.3. The van der Waals surface area contributed by atoms with E-state index in [1.54, 1.807) is 10.6 Å². The summed E-state index contributed by atoms with van der Waals surface area (Å²) in [5.74, 6) is 0. The smallest absolute Gasteiger partial charge is 0.314 e. The molecule has 3 aromatic rings. The van der Waals surface area contributed by atoms with Gasteiger partial charge in [-0.2, -0.15) is 0 Å². The predicted molar refractivity (Wildman–Crippen MR) is 63.2 cm³/mol. The van der Waals surface area contributed by atoms with Crippen LogP contribution in [0.25, 0.3) is 16.4 Å². The van der Waals surface area contributed by atoms with Gasteiger partial charge < -0.3 is 4.98 Å². The molecule has 0 saturated carbocycles. The van der Waals surface area contributed by atoms with Gasteiger partial charge in [0.25, 0.3) is 0 Å². The van der Waals surface area contributed by atoms with E-state index < -0.39 is 0 Å². The Labute approximate surface area is 93.5 Å². The van der Waals surface area contributed by atoms with Crippen molar-refractivity contribution in [3.63, 3.8) is 0 Å². The molecule has 1 N–H and O–H groups in total. The molecule has 3 rings (SSSR count). The number of para-hydroxylation sites is 1. The number of H-pyrrole nitrogens is 1. The third-order valence-corrected chi connectivity index (χ3v) is 3.33. The number of aromatic amines is 1.